The van der Waals surface area contributed by atoms with Crippen LogP contribution in [0.5, 0.6) is 0 Å². The molecule has 4 heteroatoms. The highest BCUT2D eigenvalue weighted by atomic mass is 35.5. The highest BCUT2D eigenvalue weighted by Crippen LogP contribution is 2.28. The Morgan fingerprint density at radius 1 is 1.29 bits per heavy atom. The third-order valence-corrected chi connectivity index (χ3v) is 3.04. The van der Waals surface area contributed by atoms with E-state index < -0.39 is 0 Å². The van der Waals surface area contributed by atoms with Gasteiger partial charge in [-0.3, -0.25) is 0 Å². The molecule has 1 atom stereocenters. The fraction of sp³-hybridized carbons (Fsp3) is 0.500. The van der Waals surface area contributed by atoms with Crippen LogP contribution in [0.2, 0.25) is 10.3 Å². The van der Waals surface area contributed by atoms with Crippen LogP contribution in [0.4, 0.5) is 0 Å². The van der Waals surface area contributed by atoms with E-state index in [9.17, 15) is 0 Å². The fourth-order valence-corrected chi connectivity index (χ4v) is 2.28. The van der Waals surface area contributed by atoms with Crippen LogP contribution in [0.25, 0.3) is 0 Å². The van der Waals surface area contributed by atoms with Gasteiger partial charge in [0.2, 0.25) is 0 Å². The third kappa shape index (κ3) is 2.19. The van der Waals surface area contributed by atoms with Gasteiger partial charge in [0, 0.05) is 11.6 Å². The first kappa shape index (κ1) is 10.2. The number of hydrogen-bond acceptors (Lipinski definition) is 2. The molecular weight excluding hydrogens is 219 g/mol. The zero-order valence-electron chi connectivity index (χ0n) is 7.76. The maximum Gasteiger partial charge on any atom is 0.135 e. The SMILES string of the molecule is Clc1ccc(C2CCCCN2)c(Cl)n1. The molecule has 1 fully saturated rings. The molecule has 1 saturated heterocycles. The summed E-state index contributed by atoms with van der Waals surface area (Å²) in [5.74, 6) is 0. The molecule has 76 valence electrons. The average molecular weight is 231 g/mol. The molecule has 0 spiro atoms. The highest BCUT2D eigenvalue weighted by Gasteiger charge is 2.17. The van der Waals surface area contributed by atoms with E-state index in [1.807, 2.05) is 6.07 Å². The largest absolute Gasteiger partial charge is 0.310 e. The van der Waals surface area contributed by atoms with Crippen molar-refractivity contribution in [3.05, 3.63) is 28.0 Å². The van der Waals surface area contributed by atoms with Crippen LogP contribution in [-0.4, -0.2) is 11.5 Å². The summed E-state index contributed by atoms with van der Waals surface area (Å²) in [7, 11) is 0. The van der Waals surface area contributed by atoms with Crippen molar-refractivity contribution in [1.29, 1.82) is 0 Å². The maximum atomic E-state index is 6.03. The predicted molar refractivity (Wildman–Crippen MR) is 58.9 cm³/mol. The van der Waals surface area contributed by atoms with Gasteiger partial charge in [0.15, 0.2) is 0 Å². The topological polar surface area (TPSA) is 24.9 Å². The van der Waals surface area contributed by atoms with Crippen molar-refractivity contribution in [3.8, 4) is 0 Å². The minimum Gasteiger partial charge on any atom is -0.310 e. The molecule has 0 saturated carbocycles. The predicted octanol–water partition coefficient (Wildman–Crippen LogP) is 3.20. The summed E-state index contributed by atoms with van der Waals surface area (Å²) in [4.78, 5) is 4.04. The van der Waals surface area contributed by atoms with Crippen LogP contribution in [0.1, 0.15) is 30.9 Å². The lowest BCUT2D eigenvalue weighted by molar-refractivity contribution is 0.412. The normalized spacial score (nSPS) is 22.3. The average Bonchev–Trinajstić information content (AvgIpc) is 2.19. The van der Waals surface area contributed by atoms with Crippen LogP contribution in [0, 0.1) is 0 Å². The molecule has 2 heterocycles. The van der Waals surface area contributed by atoms with Crippen molar-refractivity contribution in [2.75, 3.05) is 6.54 Å². The summed E-state index contributed by atoms with van der Waals surface area (Å²) in [6.45, 7) is 1.06. The fourth-order valence-electron chi connectivity index (χ4n) is 1.80. The molecule has 0 aliphatic carbocycles. The van der Waals surface area contributed by atoms with E-state index in [1.54, 1.807) is 6.07 Å². The number of rotatable bonds is 1. The van der Waals surface area contributed by atoms with Crippen molar-refractivity contribution in [2.45, 2.75) is 25.3 Å². The Kier molecular flexibility index (Phi) is 3.26. The van der Waals surface area contributed by atoms with Crippen LogP contribution in [-0.2, 0) is 0 Å². The van der Waals surface area contributed by atoms with E-state index in [0.717, 1.165) is 18.5 Å². The van der Waals surface area contributed by atoms with Gasteiger partial charge in [-0.15, -0.1) is 0 Å². The number of pyridine rings is 1. The molecule has 1 aliphatic heterocycles. The van der Waals surface area contributed by atoms with E-state index in [-0.39, 0.29) is 0 Å². The molecule has 1 unspecified atom stereocenters. The smallest absolute Gasteiger partial charge is 0.135 e. The van der Waals surface area contributed by atoms with Gasteiger partial charge in [-0.05, 0) is 25.5 Å². The lowest BCUT2D eigenvalue weighted by Gasteiger charge is -2.24. The van der Waals surface area contributed by atoms with E-state index >= 15 is 0 Å². The molecule has 0 aromatic carbocycles. The summed E-state index contributed by atoms with van der Waals surface area (Å²) in [5, 5.41) is 4.41. The number of aromatic nitrogens is 1. The molecule has 1 aliphatic rings. The van der Waals surface area contributed by atoms with Gasteiger partial charge in [0.25, 0.3) is 0 Å². The van der Waals surface area contributed by atoms with Crippen LogP contribution in [0.3, 0.4) is 0 Å². The van der Waals surface area contributed by atoms with Gasteiger partial charge in [0.05, 0.1) is 0 Å². The lowest BCUT2D eigenvalue weighted by atomic mass is 9.99. The number of nitrogens with one attached hydrogen (secondary N) is 1. The molecule has 1 N–H and O–H groups in total. The van der Waals surface area contributed by atoms with Gasteiger partial charge < -0.3 is 5.32 Å². The first-order chi connectivity index (χ1) is 6.77. The number of hydrogen-bond donors (Lipinski definition) is 1. The van der Waals surface area contributed by atoms with Crippen LogP contribution < -0.4 is 5.32 Å². The van der Waals surface area contributed by atoms with Crippen molar-refractivity contribution in [3.63, 3.8) is 0 Å². The third-order valence-electron chi connectivity index (χ3n) is 2.53. The van der Waals surface area contributed by atoms with Crippen molar-refractivity contribution in [1.82, 2.24) is 10.3 Å². The maximum absolute atomic E-state index is 6.03. The number of nitrogens with zero attached hydrogens (tertiary/aromatic N) is 1. The molecule has 0 bridgehead atoms. The van der Waals surface area contributed by atoms with Gasteiger partial charge >= 0.3 is 0 Å². The monoisotopic (exact) mass is 230 g/mol. The van der Waals surface area contributed by atoms with E-state index in [4.69, 9.17) is 23.2 Å². The molecule has 1 aromatic rings. The zero-order chi connectivity index (χ0) is 9.97. The standard InChI is InChI=1S/C10H12Cl2N2/c11-9-5-4-7(10(12)14-9)8-3-1-2-6-13-8/h4-5,8,13H,1-3,6H2. The first-order valence-corrected chi connectivity index (χ1v) is 5.58. The van der Waals surface area contributed by atoms with Crippen LogP contribution in [0.15, 0.2) is 12.1 Å². The second-order valence-corrected chi connectivity index (χ2v) is 4.26. The molecule has 0 radical (unpaired) electrons. The molecule has 2 nitrogen and oxygen atoms in total. The minimum atomic E-state index is 0.348. The molecule has 2 rings (SSSR count). The Balaban J connectivity index is 2.22. The Morgan fingerprint density at radius 2 is 2.14 bits per heavy atom. The molecule has 0 amide bonds. The first-order valence-electron chi connectivity index (χ1n) is 4.83. The van der Waals surface area contributed by atoms with E-state index in [0.29, 0.717) is 16.3 Å². The van der Waals surface area contributed by atoms with Gasteiger partial charge in [0.1, 0.15) is 10.3 Å². The minimum absolute atomic E-state index is 0.348. The molecular formula is C10H12Cl2N2. The summed E-state index contributed by atoms with van der Waals surface area (Å²) < 4.78 is 0. The summed E-state index contributed by atoms with van der Waals surface area (Å²) in [5.41, 5.74) is 1.07. The summed E-state index contributed by atoms with van der Waals surface area (Å²) >= 11 is 11.8. The highest BCUT2D eigenvalue weighted by molar-refractivity contribution is 6.32. The Hall–Kier alpha value is -0.310. The number of piperidine rings is 1. The Labute approximate surface area is 93.6 Å². The van der Waals surface area contributed by atoms with Crippen molar-refractivity contribution in [2.24, 2.45) is 0 Å². The van der Waals surface area contributed by atoms with Crippen LogP contribution >= 0.6 is 23.2 Å². The lowest BCUT2D eigenvalue weighted by Crippen LogP contribution is -2.27. The van der Waals surface area contributed by atoms with Gasteiger partial charge in [-0.2, -0.15) is 0 Å². The van der Waals surface area contributed by atoms with E-state index in [2.05, 4.69) is 10.3 Å². The summed E-state index contributed by atoms with van der Waals surface area (Å²) in [6, 6.07) is 4.10. The Bertz CT molecular complexity index is 322. The quantitative estimate of drug-likeness (QED) is 0.750. The molecule has 14 heavy (non-hydrogen) atoms. The van der Waals surface area contributed by atoms with Crippen molar-refractivity contribution >= 4 is 23.2 Å². The number of halogens is 2. The second-order valence-electron chi connectivity index (χ2n) is 3.52. The molecule has 1 aromatic heterocycles. The van der Waals surface area contributed by atoms with E-state index in [1.165, 1.54) is 12.8 Å². The zero-order valence-corrected chi connectivity index (χ0v) is 9.28. The Morgan fingerprint density at radius 3 is 2.79 bits per heavy atom. The van der Waals surface area contributed by atoms with Gasteiger partial charge in [-0.25, -0.2) is 4.98 Å². The van der Waals surface area contributed by atoms with Crippen molar-refractivity contribution < 1.29 is 0 Å². The summed E-state index contributed by atoms with van der Waals surface area (Å²) in [6.07, 6.45) is 3.62. The van der Waals surface area contributed by atoms with Gasteiger partial charge in [-0.1, -0.05) is 35.7 Å². The second kappa shape index (κ2) is 4.47.